The lowest BCUT2D eigenvalue weighted by atomic mass is 9.92. The third-order valence-corrected chi connectivity index (χ3v) is 2.69. The van der Waals surface area contributed by atoms with Crippen LogP contribution >= 0.6 is 0 Å². The Morgan fingerprint density at radius 1 is 1.73 bits per heavy atom. The smallest absolute Gasteiger partial charge is 0.407 e. The lowest BCUT2D eigenvalue weighted by Gasteiger charge is -2.42. The molecule has 62 valence electrons. The van der Waals surface area contributed by atoms with Crippen molar-refractivity contribution in [1.29, 1.82) is 0 Å². The van der Waals surface area contributed by atoms with Crippen molar-refractivity contribution in [2.75, 3.05) is 6.54 Å². The third kappa shape index (κ3) is 0.822. The molecule has 0 saturated carbocycles. The number of rotatable bonds is 0. The van der Waals surface area contributed by atoms with Gasteiger partial charge in [-0.15, -0.1) is 0 Å². The summed E-state index contributed by atoms with van der Waals surface area (Å²) >= 11 is 0. The summed E-state index contributed by atoms with van der Waals surface area (Å²) < 4.78 is 0. The van der Waals surface area contributed by atoms with Gasteiger partial charge in [0.2, 0.25) is 0 Å². The molecule has 4 nitrogen and oxygen atoms in total. The van der Waals surface area contributed by atoms with Gasteiger partial charge >= 0.3 is 6.09 Å². The molecule has 4 heteroatoms. The van der Waals surface area contributed by atoms with E-state index in [1.165, 1.54) is 0 Å². The highest BCUT2D eigenvalue weighted by Gasteiger charge is 2.47. The summed E-state index contributed by atoms with van der Waals surface area (Å²) in [5, 5.41) is 12.0. The second kappa shape index (κ2) is 2.11. The number of hydrogen-bond acceptors (Lipinski definition) is 2. The summed E-state index contributed by atoms with van der Waals surface area (Å²) in [5.41, 5.74) is 0. The first-order chi connectivity index (χ1) is 5.20. The van der Waals surface area contributed by atoms with Gasteiger partial charge in [-0.3, -0.25) is 0 Å². The van der Waals surface area contributed by atoms with E-state index in [0.717, 1.165) is 6.42 Å². The van der Waals surface area contributed by atoms with Gasteiger partial charge in [-0.2, -0.15) is 0 Å². The minimum Gasteiger partial charge on any atom is -0.465 e. The van der Waals surface area contributed by atoms with Gasteiger partial charge in [0.1, 0.15) is 0 Å². The van der Waals surface area contributed by atoms with Crippen LogP contribution in [0.3, 0.4) is 0 Å². The number of likely N-dealkylation sites (tertiary alicyclic amines) is 1. The number of hydrogen-bond donors (Lipinski definition) is 2. The quantitative estimate of drug-likeness (QED) is 0.523. The average Bonchev–Trinajstić information content (AvgIpc) is 2.25. The highest BCUT2D eigenvalue weighted by Crippen LogP contribution is 2.28. The maximum absolute atomic E-state index is 10.6. The standard InChI is InChI=1S/C7H12N2O2/c1-4-6-5(8-4)2-3-9(6)7(10)11/h4-6,8H,2-3H2,1H3,(H,10,11)/t4-,5+,6+/m0/s1. The minimum atomic E-state index is -0.772. The SMILES string of the molecule is C[C@@H]1N[C@@H]2CCN(C(=O)O)[C@H]12. The lowest BCUT2D eigenvalue weighted by molar-refractivity contribution is 0.0986. The molecule has 2 aliphatic rings. The molecule has 2 heterocycles. The Balaban J connectivity index is 2.08. The molecule has 0 spiro atoms. The molecule has 1 amide bonds. The van der Waals surface area contributed by atoms with Crippen molar-refractivity contribution >= 4 is 6.09 Å². The number of fused-ring (bicyclic) bond motifs is 1. The van der Waals surface area contributed by atoms with E-state index in [-0.39, 0.29) is 6.04 Å². The molecule has 11 heavy (non-hydrogen) atoms. The van der Waals surface area contributed by atoms with E-state index in [2.05, 4.69) is 5.32 Å². The first kappa shape index (κ1) is 6.91. The van der Waals surface area contributed by atoms with E-state index in [1.807, 2.05) is 6.92 Å². The molecule has 0 radical (unpaired) electrons. The van der Waals surface area contributed by atoms with Gasteiger partial charge in [0.05, 0.1) is 6.04 Å². The maximum atomic E-state index is 10.6. The molecule has 0 bridgehead atoms. The normalized spacial score (nSPS) is 41.5. The van der Waals surface area contributed by atoms with Crippen LogP contribution < -0.4 is 5.32 Å². The van der Waals surface area contributed by atoms with Crippen molar-refractivity contribution in [2.45, 2.75) is 31.5 Å². The molecular weight excluding hydrogens is 144 g/mol. The van der Waals surface area contributed by atoms with Crippen LogP contribution in [0, 0.1) is 0 Å². The molecule has 2 rings (SSSR count). The van der Waals surface area contributed by atoms with Crippen molar-refractivity contribution in [2.24, 2.45) is 0 Å². The molecule has 2 saturated heterocycles. The largest absolute Gasteiger partial charge is 0.465 e. The number of carboxylic acid groups (broad SMARTS) is 1. The number of nitrogens with zero attached hydrogens (tertiary/aromatic N) is 1. The Morgan fingerprint density at radius 3 is 2.91 bits per heavy atom. The minimum absolute atomic E-state index is 0.243. The van der Waals surface area contributed by atoms with Gasteiger partial charge in [0.25, 0.3) is 0 Å². The molecule has 0 aliphatic carbocycles. The van der Waals surface area contributed by atoms with Crippen molar-refractivity contribution in [3.8, 4) is 0 Å². The molecule has 0 unspecified atom stereocenters. The zero-order chi connectivity index (χ0) is 8.01. The highest BCUT2D eigenvalue weighted by atomic mass is 16.4. The van der Waals surface area contributed by atoms with Crippen molar-refractivity contribution in [1.82, 2.24) is 10.2 Å². The van der Waals surface area contributed by atoms with Gasteiger partial charge in [0, 0.05) is 18.6 Å². The summed E-state index contributed by atoms with van der Waals surface area (Å²) in [6.45, 7) is 2.73. The predicted octanol–water partition coefficient (Wildman–Crippen LogP) is 0.0990. The van der Waals surface area contributed by atoms with Crippen LogP contribution in [-0.4, -0.2) is 40.8 Å². The third-order valence-electron chi connectivity index (χ3n) is 2.69. The van der Waals surface area contributed by atoms with E-state index in [0.29, 0.717) is 18.6 Å². The molecule has 2 fully saturated rings. The van der Waals surface area contributed by atoms with Crippen LogP contribution in [0.5, 0.6) is 0 Å². The molecule has 0 aromatic heterocycles. The topological polar surface area (TPSA) is 52.6 Å². The van der Waals surface area contributed by atoms with E-state index >= 15 is 0 Å². The Hall–Kier alpha value is -0.770. The Morgan fingerprint density at radius 2 is 2.45 bits per heavy atom. The number of carbonyl (C=O) groups is 1. The summed E-state index contributed by atoms with van der Waals surface area (Å²) in [6, 6.07) is 1.02. The summed E-state index contributed by atoms with van der Waals surface area (Å²) in [7, 11) is 0. The second-order valence-electron chi connectivity index (χ2n) is 3.32. The van der Waals surface area contributed by atoms with Crippen molar-refractivity contribution in [3.63, 3.8) is 0 Å². The van der Waals surface area contributed by atoms with Crippen LogP contribution in [0.15, 0.2) is 0 Å². The molecule has 0 aromatic rings. The average molecular weight is 156 g/mol. The molecular formula is C7H12N2O2. The van der Waals surface area contributed by atoms with Crippen molar-refractivity contribution < 1.29 is 9.90 Å². The van der Waals surface area contributed by atoms with E-state index in [1.54, 1.807) is 4.90 Å². The van der Waals surface area contributed by atoms with Crippen LogP contribution in [0.2, 0.25) is 0 Å². The van der Waals surface area contributed by atoms with Crippen molar-refractivity contribution in [3.05, 3.63) is 0 Å². The first-order valence-electron chi connectivity index (χ1n) is 3.96. The van der Waals surface area contributed by atoms with E-state index in [9.17, 15) is 4.79 Å². The predicted molar refractivity (Wildman–Crippen MR) is 39.5 cm³/mol. The molecule has 0 aromatic carbocycles. The van der Waals surface area contributed by atoms with Gasteiger partial charge < -0.3 is 15.3 Å². The summed E-state index contributed by atoms with van der Waals surface area (Å²) in [4.78, 5) is 12.2. The second-order valence-corrected chi connectivity index (χ2v) is 3.32. The monoisotopic (exact) mass is 156 g/mol. The van der Waals surface area contributed by atoms with E-state index < -0.39 is 6.09 Å². The Labute approximate surface area is 65.2 Å². The van der Waals surface area contributed by atoms with E-state index in [4.69, 9.17) is 5.11 Å². The summed E-state index contributed by atoms with van der Waals surface area (Å²) in [6.07, 6.45) is 0.201. The number of amides is 1. The highest BCUT2D eigenvalue weighted by molar-refractivity contribution is 5.66. The van der Waals surface area contributed by atoms with Gasteiger partial charge in [-0.1, -0.05) is 0 Å². The van der Waals surface area contributed by atoms with Crippen LogP contribution in [0.4, 0.5) is 4.79 Å². The van der Waals surface area contributed by atoms with Crippen LogP contribution in [-0.2, 0) is 0 Å². The fourth-order valence-electron chi connectivity index (χ4n) is 2.16. The molecule has 3 atom stereocenters. The molecule has 2 N–H and O–H groups in total. The fraction of sp³-hybridized carbons (Fsp3) is 0.857. The number of nitrogens with one attached hydrogen (secondary N) is 1. The maximum Gasteiger partial charge on any atom is 0.407 e. The zero-order valence-corrected chi connectivity index (χ0v) is 6.45. The van der Waals surface area contributed by atoms with Crippen LogP contribution in [0.25, 0.3) is 0 Å². The summed E-state index contributed by atoms with van der Waals surface area (Å²) in [5.74, 6) is 0. The Kier molecular flexibility index (Phi) is 1.32. The fourth-order valence-corrected chi connectivity index (χ4v) is 2.16. The van der Waals surface area contributed by atoms with Gasteiger partial charge in [-0.05, 0) is 13.3 Å². The van der Waals surface area contributed by atoms with Crippen LogP contribution in [0.1, 0.15) is 13.3 Å². The lowest BCUT2D eigenvalue weighted by Crippen LogP contribution is -2.66. The molecule has 2 aliphatic heterocycles. The van der Waals surface area contributed by atoms with Gasteiger partial charge in [-0.25, -0.2) is 4.79 Å². The Bertz CT molecular complexity index is 195. The van der Waals surface area contributed by atoms with Gasteiger partial charge in [0.15, 0.2) is 0 Å². The first-order valence-corrected chi connectivity index (χ1v) is 3.96. The zero-order valence-electron chi connectivity index (χ0n) is 6.45.